The lowest BCUT2D eigenvalue weighted by molar-refractivity contribution is 0.278. The summed E-state index contributed by atoms with van der Waals surface area (Å²) >= 11 is 1.52. The van der Waals surface area contributed by atoms with Crippen molar-refractivity contribution in [3.8, 4) is 10.6 Å². The number of nitrogens with zero attached hydrogens (tertiary/aromatic N) is 2. The van der Waals surface area contributed by atoms with Crippen molar-refractivity contribution in [3.63, 3.8) is 0 Å². The van der Waals surface area contributed by atoms with E-state index in [0.29, 0.717) is 5.69 Å². The monoisotopic (exact) mass is 206 g/mol. The van der Waals surface area contributed by atoms with Crippen molar-refractivity contribution >= 4 is 11.3 Å². The summed E-state index contributed by atoms with van der Waals surface area (Å²) in [7, 11) is 0. The number of aromatic nitrogens is 2. The minimum atomic E-state index is -0.00422. The van der Waals surface area contributed by atoms with E-state index in [1.165, 1.54) is 11.3 Å². The van der Waals surface area contributed by atoms with Gasteiger partial charge in [-0.1, -0.05) is 0 Å². The van der Waals surface area contributed by atoms with Crippen molar-refractivity contribution in [1.82, 2.24) is 9.97 Å². The maximum Gasteiger partial charge on any atom is 0.125 e. The topological polar surface area (TPSA) is 46.0 Å². The van der Waals surface area contributed by atoms with Crippen LogP contribution < -0.4 is 0 Å². The van der Waals surface area contributed by atoms with Crippen LogP contribution in [0.1, 0.15) is 11.3 Å². The van der Waals surface area contributed by atoms with Crippen LogP contribution in [-0.4, -0.2) is 15.1 Å². The first-order valence-electron chi connectivity index (χ1n) is 4.27. The van der Waals surface area contributed by atoms with Crippen LogP contribution in [0.15, 0.2) is 23.8 Å². The molecule has 0 atom stereocenters. The van der Waals surface area contributed by atoms with Crippen LogP contribution in [-0.2, 0) is 6.61 Å². The highest BCUT2D eigenvalue weighted by molar-refractivity contribution is 7.13. The van der Waals surface area contributed by atoms with Crippen LogP contribution in [0.2, 0.25) is 0 Å². The number of aryl methyl sites for hydroxylation is 1. The first kappa shape index (κ1) is 9.30. The summed E-state index contributed by atoms with van der Waals surface area (Å²) in [6.45, 7) is 1.99. The molecule has 2 aromatic heterocycles. The molecule has 0 saturated carbocycles. The zero-order chi connectivity index (χ0) is 9.97. The molecule has 0 unspecified atom stereocenters. The van der Waals surface area contributed by atoms with Gasteiger partial charge in [0.15, 0.2) is 0 Å². The molecule has 1 N–H and O–H groups in total. The number of hydrogen-bond acceptors (Lipinski definition) is 4. The molecule has 0 amide bonds. The van der Waals surface area contributed by atoms with Gasteiger partial charge >= 0.3 is 0 Å². The zero-order valence-electron chi connectivity index (χ0n) is 7.77. The van der Waals surface area contributed by atoms with E-state index in [4.69, 9.17) is 5.11 Å². The van der Waals surface area contributed by atoms with Crippen LogP contribution >= 0.6 is 11.3 Å². The maximum absolute atomic E-state index is 8.88. The van der Waals surface area contributed by atoms with Gasteiger partial charge < -0.3 is 5.11 Å². The van der Waals surface area contributed by atoms with Gasteiger partial charge in [0.1, 0.15) is 5.01 Å². The highest BCUT2D eigenvalue weighted by atomic mass is 32.1. The van der Waals surface area contributed by atoms with Gasteiger partial charge in [-0.3, -0.25) is 4.98 Å². The van der Waals surface area contributed by atoms with Crippen LogP contribution in [0.5, 0.6) is 0 Å². The van der Waals surface area contributed by atoms with Crippen molar-refractivity contribution < 1.29 is 5.11 Å². The molecule has 0 radical (unpaired) electrons. The second kappa shape index (κ2) is 3.86. The lowest BCUT2D eigenvalue weighted by Gasteiger charge is -1.96. The number of hydrogen-bond donors (Lipinski definition) is 1. The Labute approximate surface area is 86.1 Å². The van der Waals surface area contributed by atoms with E-state index in [-0.39, 0.29) is 6.61 Å². The summed E-state index contributed by atoms with van der Waals surface area (Å²) < 4.78 is 0. The number of thiazole rings is 1. The van der Waals surface area contributed by atoms with Gasteiger partial charge in [-0.05, 0) is 18.6 Å². The molecule has 0 aliphatic carbocycles. The molecule has 0 aliphatic rings. The summed E-state index contributed by atoms with van der Waals surface area (Å²) in [5, 5.41) is 11.6. The molecule has 0 saturated heterocycles. The molecule has 0 aromatic carbocycles. The van der Waals surface area contributed by atoms with Gasteiger partial charge in [-0.2, -0.15) is 0 Å². The van der Waals surface area contributed by atoms with E-state index in [1.54, 1.807) is 6.20 Å². The van der Waals surface area contributed by atoms with Gasteiger partial charge in [0.25, 0.3) is 0 Å². The van der Waals surface area contributed by atoms with Gasteiger partial charge in [0.2, 0.25) is 0 Å². The quantitative estimate of drug-likeness (QED) is 0.817. The maximum atomic E-state index is 8.88. The number of aliphatic hydroxyl groups excluding tert-OH is 1. The van der Waals surface area contributed by atoms with E-state index in [9.17, 15) is 0 Å². The lowest BCUT2D eigenvalue weighted by Crippen LogP contribution is -1.84. The van der Waals surface area contributed by atoms with Gasteiger partial charge in [0.05, 0.1) is 12.3 Å². The molecule has 0 spiro atoms. The van der Waals surface area contributed by atoms with Crippen molar-refractivity contribution in [2.75, 3.05) is 0 Å². The van der Waals surface area contributed by atoms with Crippen molar-refractivity contribution in [2.45, 2.75) is 13.5 Å². The Morgan fingerprint density at radius 1 is 1.43 bits per heavy atom. The van der Waals surface area contributed by atoms with E-state index < -0.39 is 0 Å². The molecule has 0 bridgehead atoms. The SMILES string of the molecule is Cc1cncc(-c2nc(CO)cs2)c1. The van der Waals surface area contributed by atoms with Crippen molar-refractivity contribution in [3.05, 3.63) is 35.1 Å². The minimum Gasteiger partial charge on any atom is -0.390 e. The Balaban J connectivity index is 2.39. The fourth-order valence-corrected chi connectivity index (χ4v) is 1.98. The lowest BCUT2D eigenvalue weighted by atomic mass is 10.2. The van der Waals surface area contributed by atoms with Crippen molar-refractivity contribution in [1.29, 1.82) is 0 Å². The first-order chi connectivity index (χ1) is 6.79. The third-order valence-electron chi connectivity index (χ3n) is 1.84. The van der Waals surface area contributed by atoms with E-state index >= 15 is 0 Å². The highest BCUT2D eigenvalue weighted by Gasteiger charge is 2.03. The average Bonchev–Trinajstić information content (AvgIpc) is 2.66. The summed E-state index contributed by atoms with van der Waals surface area (Å²) in [6.07, 6.45) is 3.59. The third kappa shape index (κ3) is 1.81. The molecule has 14 heavy (non-hydrogen) atoms. The zero-order valence-corrected chi connectivity index (χ0v) is 8.58. The summed E-state index contributed by atoms with van der Waals surface area (Å²) in [6, 6.07) is 2.03. The first-order valence-corrected chi connectivity index (χ1v) is 5.15. The second-order valence-electron chi connectivity index (χ2n) is 3.05. The molecule has 2 rings (SSSR count). The number of aliphatic hydroxyl groups is 1. The fourth-order valence-electron chi connectivity index (χ4n) is 1.18. The van der Waals surface area contributed by atoms with E-state index in [0.717, 1.165) is 16.1 Å². The van der Waals surface area contributed by atoms with Gasteiger partial charge in [-0.15, -0.1) is 11.3 Å². The Bertz CT molecular complexity index is 439. The van der Waals surface area contributed by atoms with Crippen LogP contribution in [0.3, 0.4) is 0 Å². The normalized spacial score (nSPS) is 10.4. The Morgan fingerprint density at radius 3 is 2.93 bits per heavy atom. The van der Waals surface area contributed by atoms with Gasteiger partial charge in [-0.25, -0.2) is 4.98 Å². The third-order valence-corrected chi connectivity index (χ3v) is 2.78. The summed E-state index contributed by atoms with van der Waals surface area (Å²) in [5.41, 5.74) is 2.84. The molecule has 2 aromatic rings. The summed E-state index contributed by atoms with van der Waals surface area (Å²) in [5.74, 6) is 0. The molecular formula is C10H10N2OS. The molecule has 0 fully saturated rings. The minimum absolute atomic E-state index is 0.00422. The summed E-state index contributed by atoms with van der Waals surface area (Å²) in [4.78, 5) is 8.37. The number of rotatable bonds is 2. The van der Waals surface area contributed by atoms with Crippen LogP contribution in [0.25, 0.3) is 10.6 Å². The van der Waals surface area contributed by atoms with Crippen molar-refractivity contribution in [2.24, 2.45) is 0 Å². The number of pyridine rings is 1. The molecule has 4 heteroatoms. The second-order valence-corrected chi connectivity index (χ2v) is 3.91. The van der Waals surface area contributed by atoms with Crippen LogP contribution in [0.4, 0.5) is 0 Å². The highest BCUT2D eigenvalue weighted by Crippen LogP contribution is 2.23. The fraction of sp³-hybridized carbons (Fsp3) is 0.200. The average molecular weight is 206 g/mol. The van der Waals surface area contributed by atoms with Gasteiger partial charge in [0, 0.05) is 23.3 Å². The molecule has 0 aliphatic heterocycles. The predicted molar refractivity (Wildman–Crippen MR) is 56.0 cm³/mol. The molecule has 3 nitrogen and oxygen atoms in total. The predicted octanol–water partition coefficient (Wildman–Crippen LogP) is 2.01. The standard InChI is InChI=1S/C10H10N2OS/c1-7-2-8(4-11-3-7)10-12-9(5-13)6-14-10/h2-4,6,13H,5H2,1H3. The molecule has 2 heterocycles. The largest absolute Gasteiger partial charge is 0.390 e. The smallest absolute Gasteiger partial charge is 0.125 e. The molecule has 72 valence electrons. The molecular weight excluding hydrogens is 196 g/mol. The van der Waals surface area contributed by atoms with Crippen LogP contribution in [0, 0.1) is 6.92 Å². The Hall–Kier alpha value is -1.26. The Morgan fingerprint density at radius 2 is 2.29 bits per heavy atom. The Kier molecular flexibility index (Phi) is 2.56. The van der Waals surface area contributed by atoms with E-state index in [1.807, 2.05) is 24.6 Å². The van der Waals surface area contributed by atoms with E-state index in [2.05, 4.69) is 9.97 Å².